The molecule has 0 bridgehead atoms. The Labute approximate surface area is 145 Å². The van der Waals surface area contributed by atoms with Gasteiger partial charge < -0.3 is 9.42 Å². The Balaban J connectivity index is 1.72. The number of carbonyl (C=O) groups is 1. The van der Waals surface area contributed by atoms with Crippen LogP contribution in [0.2, 0.25) is 0 Å². The minimum absolute atomic E-state index is 0.0959. The van der Waals surface area contributed by atoms with Crippen molar-refractivity contribution in [2.45, 2.75) is 58.9 Å². The van der Waals surface area contributed by atoms with Crippen LogP contribution in [0.3, 0.4) is 0 Å². The molecule has 1 aromatic rings. The van der Waals surface area contributed by atoms with Gasteiger partial charge in [0.25, 0.3) is 5.91 Å². The highest BCUT2D eigenvalue weighted by atomic mass is 16.5. The van der Waals surface area contributed by atoms with E-state index in [1.807, 2.05) is 4.90 Å². The van der Waals surface area contributed by atoms with E-state index >= 15 is 0 Å². The lowest BCUT2D eigenvalue weighted by Gasteiger charge is -2.34. The van der Waals surface area contributed by atoms with Crippen molar-refractivity contribution in [2.24, 2.45) is 11.8 Å². The second-order valence-electron chi connectivity index (χ2n) is 7.77. The summed E-state index contributed by atoms with van der Waals surface area (Å²) in [6.07, 6.45) is 7.15. The van der Waals surface area contributed by atoms with Crippen LogP contribution in [0, 0.1) is 11.8 Å². The van der Waals surface area contributed by atoms with Crippen molar-refractivity contribution in [1.29, 1.82) is 0 Å². The summed E-state index contributed by atoms with van der Waals surface area (Å²) in [6.45, 7) is 10.6. The first-order valence-corrected chi connectivity index (χ1v) is 9.57. The monoisotopic (exact) mass is 333 g/mol. The third kappa shape index (κ3) is 4.00. The fourth-order valence-corrected chi connectivity index (χ4v) is 3.75. The molecule has 0 radical (unpaired) electrons. The van der Waals surface area contributed by atoms with Gasteiger partial charge in [0, 0.05) is 38.6 Å². The molecular formula is C19H31N3O2. The molecular weight excluding hydrogens is 302 g/mol. The van der Waals surface area contributed by atoms with Crippen molar-refractivity contribution < 1.29 is 9.32 Å². The highest BCUT2D eigenvalue weighted by molar-refractivity contribution is 5.94. The molecule has 1 aliphatic carbocycles. The van der Waals surface area contributed by atoms with E-state index in [1.54, 1.807) is 6.20 Å². The van der Waals surface area contributed by atoms with Crippen molar-refractivity contribution in [3.8, 4) is 0 Å². The van der Waals surface area contributed by atoms with E-state index < -0.39 is 0 Å². The van der Waals surface area contributed by atoms with Gasteiger partial charge in [0.15, 0.2) is 0 Å². The number of rotatable bonds is 6. The zero-order valence-electron chi connectivity index (χ0n) is 15.3. The summed E-state index contributed by atoms with van der Waals surface area (Å²) in [5.74, 6) is 2.28. The van der Waals surface area contributed by atoms with Crippen LogP contribution >= 0.6 is 0 Å². The lowest BCUT2D eigenvalue weighted by atomic mass is 10.0. The second-order valence-corrected chi connectivity index (χ2v) is 7.77. The van der Waals surface area contributed by atoms with E-state index in [4.69, 9.17) is 4.52 Å². The molecule has 1 amide bonds. The molecule has 0 N–H and O–H groups in total. The molecule has 0 aromatic carbocycles. The molecule has 0 spiro atoms. The second kappa shape index (κ2) is 7.68. The van der Waals surface area contributed by atoms with Crippen LogP contribution < -0.4 is 0 Å². The summed E-state index contributed by atoms with van der Waals surface area (Å²) in [4.78, 5) is 17.7. The Kier molecular flexibility index (Phi) is 5.59. The van der Waals surface area contributed by atoms with Crippen LogP contribution in [0.5, 0.6) is 0 Å². The fraction of sp³-hybridized carbons (Fsp3) is 0.789. The van der Waals surface area contributed by atoms with Crippen LogP contribution in [0.4, 0.5) is 0 Å². The Bertz CT molecular complexity index is 551. The summed E-state index contributed by atoms with van der Waals surface area (Å²) in [6, 6.07) is 0.450. The summed E-state index contributed by atoms with van der Waals surface area (Å²) in [5.41, 5.74) is 0.662. The Morgan fingerprint density at radius 1 is 1.38 bits per heavy atom. The van der Waals surface area contributed by atoms with Crippen molar-refractivity contribution in [3.63, 3.8) is 0 Å². The standard InChI is InChI=1S/C19H31N3O2/c1-4-6-18-16(11-20-24-18)19(23)22-10-5-9-21(12-15-7-8-15)17(13-22)14(2)3/h11,14-15,17H,4-10,12-13H2,1-3H3. The smallest absolute Gasteiger partial charge is 0.259 e. The molecule has 1 aliphatic heterocycles. The molecule has 1 saturated carbocycles. The van der Waals surface area contributed by atoms with Gasteiger partial charge in [-0.25, -0.2) is 0 Å². The number of nitrogens with zero attached hydrogens (tertiary/aromatic N) is 3. The average Bonchev–Trinajstić information content (AvgIpc) is 3.29. The first kappa shape index (κ1) is 17.5. The highest BCUT2D eigenvalue weighted by Crippen LogP contribution is 2.32. The molecule has 1 unspecified atom stereocenters. The first-order valence-electron chi connectivity index (χ1n) is 9.57. The van der Waals surface area contributed by atoms with Gasteiger partial charge in [-0.3, -0.25) is 9.69 Å². The maximum Gasteiger partial charge on any atom is 0.259 e. The Morgan fingerprint density at radius 2 is 2.17 bits per heavy atom. The molecule has 3 rings (SSSR count). The van der Waals surface area contributed by atoms with Gasteiger partial charge >= 0.3 is 0 Å². The maximum absolute atomic E-state index is 13.0. The number of carbonyl (C=O) groups excluding carboxylic acids is 1. The number of aromatic nitrogens is 1. The number of hydrogen-bond acceptors (Lipinski definition) is 4. The summed E-state index contributed by atoms with van der Waals surface area (Å²) < 4.78 is 5.30. The molecule has 5 nitrogen and oxygen atoms in total. The molecule has 5 heteroatoms. The average molecular weight is 333 g/mol. The van der Waals surface area contributed by atoms with Crippen molar-refractivity contribution in [3.05, 3.63) is 17.5 Å². The minimum Gasteiger partial charge on any atom is -0.361 e. The third-order valence-electron chi connectivity index (χ3n) is 5.35. The zero-order chi connectivity index (χ0) is 17.1. The molecule has 1 atom stereocenters. The summed E-state index contributed by atoms with van der Waals surface area (Å²) in [7, 11) is 0. The SMILES string of the molecule is CCCc1oncc1C(=O)N1CCCN(CC2CC2)C(C(C)C)C1. The van der Waals surface area contributed by atoms with Gasteiger partial charge in [-0.1, -0.05) is 25.9 Å². The molecule has 134 valence electrons. The third-order valence-corrected chi connectivity index (χ3v) is 5.35. The summed E-state index contributed by atoms with van der Waals surface area (Å²) >= 11 is 0. The normalized spacial score (nSPS) is 22.8. The minimum atomic E-state index is 0.0959. The molecule has 1 aromatic heterocycles. The van der Waals surface area contributed by atoms with E-state index in [0.717, 1.165) is 50.6 Å². The van der Waals surface area contributed by atoms with Crippen molar-refractivity contribution in [2.75, 3.05) is 26.2 Å². The largest absolute Gasteiger partial charge is 0.361 e. The predicted octanol–water partition coefficient (Wildman–Crippen LogP) is 3.21. The van der Waals surface area contributed by atoms with Crippen LogP contribution in [-0.2, 0) is 6.42 Å². The molecule has 2 fully saturated rings. The van der Waals surface area contributed by atoms with E-state index in [0.29, 0.717) is 17.5 Å². The maximum atomic E-state index is 13.0. The predicted molar refractivity (Wildman–Crippen MR) is 93.9 cm³/mol. The first-order chi connectivity index (χ1) is 11.6. The number of aryl methyl sites for hydroxylation is 1. The fourth-order valence-electron chi connectivity index (χ4n) is 3.75. The molecule has 24 heavy (non-hydrogen) atoms. The Hall–Kier alpha value is -1.36. The van der Waals surface area contributed by atoms with Crippen molar-refractivity contribution >= 4 is 5.91 Å². The van der Waals surface area contributed by atoms with E-state index in [9.17, 15) is 4.79 Å². The van der Waals surface area contributed by atoms with Crippen LogP contribution in [0.1, 0.15) is 62.6 Å². The van der Waals surface area contributed by atoms with Crippen molar-refractivity contribution in [1.82, 2.24) is 15.0 Å². The van der Waals surface area contributed by atoms with E-state index in [1.165, 1.54) is 19.4 Å². The van der Waals surface area contributed by atoms with Gasteiger partial charge in [0.1, 0.15) is 11.3 Å². The Morgan fingerprint density at radius 3 is 2.83 bits per heavy atom. The van der Waals surface area contributed by atoms with Crippen LogP contribution in [-0.4, -0.2) is 53.1 Å². The lowest BCUT2D eigenvalue weighted by Crippen LogP contribution is -2.46. The zero-order valence-corrected chi connectivity index (χ0v) is 15.3. The number of amides is 1. The van der Waals surface area contributed by atoms with Gasteiger partial charge in [-0.05, 0) is 37.5 Å². The van der Waals surface area contributed by atoms with Gasteiger partial charge in [0.05, 0.1) is 6.20 Å². The topological polar surface area (TPSA) is 49.6 Å². The van der Waals surface area contributed by atoms with Crippen LogP contribution in [0.15, 0.2) is 10.7 Å². The highest BCUT2D eigenvalue weighted by Gasteiger charge is 2.34. The van der Waals surface area contributed by atoms with Crippen LogP contribution in [0.25, 0.3) is 0 Å². The van der Waals surface area contributed by atoms with E-state index in [2.05, 4.69) is 30.8 Å². The number of hydrogen-bond donors (Lipinski definition) is 0. The van der Waals surface area contributed by atoms with Gasteiger partial charge in [-0.15, -0.1) is 0 Å². The summed E-state index contributed by atoms with van der Waals surface area (Å²) in [5, 5.41) is 3.86. The van der Waals surface area contributed by atoms with Gasteiger partial charge in [-0.2, -0.15) is 0 Å². The van der Waals surface area contributed by atoms with E-state index in [-0.39, 0.29) is 5.91 Å². The molecule has 1 saturated heterocycles. The quantitative estimate of drug-likeness (QED) is 0.802. The molecule has 2 aliphatic rings. The lowest BCUT2D eigenvalue weighted by molar-refractivity contribution is 0.0702. The van der Waals surface area contributed by atoms with Gasteiger partial charge in [0.2, 0.25) is 0 Å². The molecule has 2 heterocycles.